The zero-order chi connectivity index (χ0) is 17.0. The maximum absolute atomic E-state index is 13.0. The largest absolute Gasteiger partial charge is 0.390 e. The number of halogens is 2. The van der Waals surface area contributed by atoms with Crippen LogP contribution in [0.25, 0.3) is 0 Å². The Balaban J connectivity index is 2.16. The fraction of sp³-hybridized carbons (Fsp3) is 0.267. The van der Waals surface area contributed by atoms with Gasteiger partial charge in [-0.3, -0.25) is 4.68 Å². The third kappa shape index (κ3) is 3.53. The first-order valence-electron chi connectivity index (χ1n) is 6.77. The predicted octanol–water partition coefficient (Wildman–Crippen LogP) is 2.85. The number of aryl methyl sites for hydroxylation is 1. The summed E-state index contributed by atoms with van der Waals surface area (Å²) in [5.74, 6) is -2.09. The van der Waals surface area contributed by atoms with Crippen molar-refractivity contribution in [1.29, 1.82) is 0 Å². The van der Waals surface area contributed by atoms with Crippen LogP contribution in [-0.4, -0.2) is 21.7 Å². The minimum atomic E-state index is -2.95. The topological polar surface area (TPSA) is 70.4 Å². The summed E-state index contributed by atoms with van der Waals surface area (Å²) in [7, 11) is 1.44. The van der Waals surface area contributed by atoms with Crippen molar-refractivity contribution in [2.45, 2.75) is 19.8 Å². The van der Waals surface area contributed by atoms with Gasteiger partial charge in [0.1, 0.15) is 11.3 Å². The Labute approximate surface area is 130 Å². The third-order valence-electron chi connectivity index (χ3n) is 3.14. The second kappa shape index (κ2) is 6.99. The number of nitrogens with zero attached hydrogens (tertiary/aromatic N) is 2. The van der Waals surface area contributed by atoms with Gasteiger partial charge in [-0.05, 0) is 18.6 Å². The lowest BCUT2D eigenvalue weighted by Crippen LogP contribution is -2.14. The van der Waals surface area contributed by atoms with Gasteiger partial charge in [0.25, 0.3) is 6.43 Å². The molecule has 2 rings (SSSR count). The number of carbonyl (C=O) groups is 2. The molecule has 23 heavy (non-hydrogen) atoms. The van der Waals surface area contributed by atoms with Gasteiger partial charge in [0, 0.05) is 7.05 Å². The number of hydrogen-bond donors (Lipinski definition) is 0. The molecule has 0 spiro atoms. The molecule has 0 bridgehead atoms. The standard InChI is InChI=1S/C15H14F2N2O4/c1-3-10-11(12(13(16)17)18-19(10)2)15(21)23-22-14(20)9-7-5-4-6-8-9/h4-8,13H,3H2,1-2H3. The van der Waals surface area contributed by atoms with Crippen LogP contribution in [0, 0.1) is 0 Å². The van der Waals surface area contributed by atoms with Gasteiger partial charge < -0.3 is 0 Å². The van der Waals surface area contributed by atoms with Gasteiger partial charge in [-0.2, -0.15) is 5.10 Å². The van der Waals surface area contributed by atoms with Crippen molar-refractivity contribution >= 4 is 11.9 Å². The number of rotatable bonds is 4. The molecule has 6 nitrogen and oxygen atoms in total. The summed E-state index contributed by atoms with van der Waals surface area (Å²) in [5, 5.41) is 3.61. The van der Waals surface area contributed by atoms with E-state index in [1.54, 1.807) is 25.1 Å². The highest BCUT2D eigenvalue weighted by atomic mass is 19.3. The van der Waals surface area contributed by atoms with Crippen LogP contribution in [0.4, 0.5) is 8.78 Å². The minimum Gasteiger partial charge on any atom is -0.271 e. The molecule has 0 fully saturated rings. The summed E-state index contributed by atoms with van der Waals surface area (Å²) in [4.78, 5) is 32.5. The molecule has 0 aliphatic heterocycles. The summed E-state index contributed by atoms with van der Waals surface area (Å²) < 4.78 is 27.2. The zero-order valence-corrected chi connectivity index (χ0v) is 12.5. The van der Waals surface area contributed by atoms with Gasteiger partial charge in [0.05, 0.1) is 11.3 Å². The first kappa shape index (κ1) is 16.6. The van der Waals surface area contributed by atoms with Crippen molar-refractivity contribution < 1.29 is 28.1 Å². The molecular formula is C15H14F2N2O4. The quantitative estimate of drug-likeness (QED) is 0.639. The smallest absolute Gasteiger partial charge is 0.271 e. The summed E-state index contributed by atoms with van der Waals surface area (Å²) in [6, 6.07) is 7.82. The Hall–Kier alpha value is -2.77. The van der Waals surface area contributed by atoms with E-state index in [0.29, 0.717) is 0 Å². The maximum atomic E-state index is 13.0. The summed E-state index contributed by atoms with van der Waals surface area (Å²) in [6.07, 6.45) is -2.67. The molecule has 0 saturated heterocycles. The molecule has 122 valence electrons. The van der Waals surface area contributed by atoms with Crippen LogP contribution in [0.5, 0.6) is 0 Å². The zero-order valence-electron chi connectivity index (χ0n) is 12.5. The first-order valence-corrected chi connectivity index (χ1v) is 6.77. The Morgan fingerprint density at radius 3 is 2.35 bits per heavy atom. The second-order valence-electron chi connectivity index (χ2n) is 4.59. The summed E-state index contributed by atoms with van der Waals surface area (Å²) in [5.41, 5.74) is -0.659. The van der Waals surface area contributed by atoms with Gasteiger partial charge >= 0.3 is 11.9 Å². The van der Waals surface area contributed by atoms with Gasteiger partial charge in [0.2, 0.25) is 0 Å². The average Bonchev–Trinajstić information content (AvgIpc) is 2.90. The molecular weight excluding hydrogens is 310 g/mol. The molecule has 0 radical (unpaired) electrons. The molecule has 1 aromatic heterocycles. The first-order chi connectivity index (χ1) is 11.0. The molecule has 8 heteroatoms. The molecule has 0 N–H and O–H groups in total. The van der Waals surface area contributed by atoms with Crippen molar-refractivity contribution in [3.63, 3.8) is 0 Å². The van der Waals surface area contributed by atoms with Crippen molar-refractivity contribution in [3.05, 3.63) is 52.8 Å². The lowest BCUT2D eigenvalue weighted by Gasteiger charge is -2.05. The Morgan fingerprint density at radius 1 is 1.17 bits per heavy atom. The van der Waals surface area contributed by atoms with Gasteiger partial charge in [-0.1, -0.05) is 25.1 Å². The average molecular weight is 324 g/mol. The highest BCUT2D eigenvalue weighted by Gasteiger charge is 2.29. The lowest BCUT2D eigenvalue weighted by molar-refractivity contribution is -0.187. The van der Waals surface area contributed by atoms with E-state index in [-0.39, 0.29) is 23.2 Å². The van der Waals surface area contributed by atoms with Crippen LogP contribution < -0.4 is 0 Å². The monoisotopic (exact) mass is 324 g/mol. The van der Waals surface area contributed by atoms with E-state index in [0.717, 1.165) is 0 Å². The Morgan fingerprint density at radius 2 is 1.78 bits per heavy atom. The van der Waals surface area contributed by atoms with E-state index in [1.165, 1.54) is 23.9 Å². The summed E-state index contributed by atoms with van der Waals surface area (Å²) in [6.45, 7) is 1.68. The highest BCUT2D eigenvalue weighted by Crippen LogP contribution is 2.25. The van der Waals surface area contributed by atoms with E-state index < -0.39 is 24.1 Å². The van der Waals surface area contributed by atoms with Gasteiger partial charge in [0.15, 0.2) is 0 Å². The van der Waals surface area contributed by atoms with Crippen LogP contribution in [0.2, 0.25) is 0 Å². The molecule has 0 aliphatic rings. The van der Waals surface area contributed by atoms with Gasteiger partial charge in [-0.25, -0.2) is 28.1 Å². The highest BCUT2D eigenvalue weighted by molar-refractivity contribution is 5.93. The molecule has 0 amide bonds. The normalized spacial score (nSPS) is 10.7. The van der Waals surface area contributed by atoms with Crippen LogP contribution in [0.15, 0.2) is 30.3 Å². The molecule has 0 aliphatic carbocycles. The van der Waals surface area contributed by atoms with Gasteiger partial charge in [-0.15, -0.1) is 0 Å². The number of alkyl halides is 2. The van der Waals surface area contributed by atoms with E-state index in [1.807, 2.05) is 0 Å². The Kier molecular flexibility index (Phi) is 5.05. The van der Waals surface area contributed by atoms with Crippen LogP contribution >= 0.6 is 0 Å². The number of aromatic nitrogens is 2. The summed E-state index contributed by atoms with van der Waals surface area (Å²) >= 11 is 0. The molecule has 1 heterocycles. The maximum Gasteiger partial charge on any atom is 0.390 e. The molecule has 2 aromatic rings. The fourth-order valence-electron chi connectivity index (χ4n) is 2.10. The minimum absolute atomic E-state index is 0.163. The predicted molar refractivity (Wildman–Crippen MR) is 74.8 cm³/mol. The van der Waals surface area contributed by atoms with E-state index >= 15 is 0 Å². The fourth-order valence-corrected chi connectivity index (χ4v) is 2.10. The molecule has 0 atom stereocenters. The lowest BCUT2D eigenvalue weighted by atomic mass is 10.1. The SMILES string of the molecule is CCc1c(C(=O)OOC(=O)c2ccccc2)c(C(F)F)nn1C. The van der Waals surface area contributed by atoms with Crippen LogP contribution in [-0.2, 0) is 23.2 Å². The number of benzene rings is 1. The molecule has 0 unspecified atom stereocenters. The molecule has 0 saturated carbocycles. The van der Waals surface area contributed by atoms with E-state index in [4.69, 9.17) is 0 Å². The second-order valence-corrected chi connectivity index (χ2v) is 4.59. The number of carbonyl (C=O) groups excluding carboxylic acids is 2. The van der Waals surface area contributed by atoms with Crippen molar-refractivity contribution in [2.24, 2.45) is 7.05 Å². The number of hydrogen-bond acceptors (Lipinski definition) is 5. The van der Waals surface area contributed by atoms with Crippen molar-refractivity contribution in [3.8, 4) is 0 Å². The molecule has 1 aromatic carbocycles. The van der Waals surface area contributed by atoms with E-state index in [9.17, 15) is 18.4 Å². The third-order valence-corrected chi connectivity index (χ3v) is 3.14. The Bertz CT molecular complexity index is 714. The van der Waals surface area contributed by atoms with Crippen molar-refractivity contribution in [2.75, 3.05) is 0 Å². The van der Waals surface area contributed by atoms with Crippen molar-refractivity contribution in [1.82, 2.24) is 9.78 Å². The van der Waals surface area contributed by atoms with Crippen LogP contribution in [0.1, 0.15) is 45.5 Å². The van der Waals surface area contributed by atoms with E-state index in [2.05, 4.69) is 14.9 Å². The van der Waals surface area contributed by atoms with Crippen LogP contribution in [0.3, 0.4) is 0 Å².